The van der Waals surface area contributed by atoms with E-state index in [9.17, 15) is 9.59 Å². The molecule has 0 saturated heterocycles. The Labute approximate surface area is 407 Å². The normalized spacial score (nSPS) is 14.7. The third-order valence-electron chi connectivity index (χ3n) is 13.4. The van der Waals surface area contributed by atoms with Crippen LogP contribution < -0.4 is 11.1 Å². The Morgan fingerprint density at radius 3 is 1.42 bits per heavy atom. The summed E-state index contributed by atoms with van der Waals surface area (Å²) < 4.78 is 7.59. The number of hydrogen-bond donors (Lipinski definition) is 0. The van der Waals surface area contributed by atoms with Gasteiger partial charge in [-0.05, 0) is 71.8 Å². The van der Waals surface area contributed by atoms with Crippen molar-refractivity contribution in [3.05, 3.63) is 244 Å². The van der Waals surface area contributed by atoms with Crippen LogP contribution in [0.5, 0.6) is 0 Å². The molecule has 342 valence electrons. The molecule has 13 aromatic rings. The average molecular weight is 923 g/mol. The number of nitrogens with zero attached hydrogens (tertiary/aromatic N) is 8. The fourth-order valence-electron chi connectivity index (χ4n) is 10.2. The van der Waals surface area contributed by atoms with Gasteiger partial charge in [-0.3, -0.25) is 23.0 Å². The molecule has 0 saturated carbocycles. The number of rotatable bonds is 3. The molecule has 10 nitrogen and oxygen atoms in total. The SMILES string of the molecule is CC.CC1C(c2ccccc2)=NC(n2c3ccccc3c3cc4nc5ccccc5c(=O)n4cc32)=NC1c1ccccc1.O=c1c2ccccc2nc2cc3c4ccccc4n(-c4ccccc4)c3cn12. The monoisotopic (exact) mass is 922 g/mol. The van der Waals surface area contributed by atoms with E-state index in [1.807, 2.05) is 154 Å². The zero-order chi connectivity index (χ0) is 48.2. The molecule has 0 fully saturated rings. The second-order valence-corrected chi connectivity index (χ2v) is 17.4. The predicted octanol–water partition coefficient (Wildman–Crippen LogP) is 13.0. The third kappa shape index (κ3) is 7.18. The van der Waals surface area contributed by atoms with Crippen LogP contribution >= 0.6 is 0 Å². The van der Waals surface area contributed by atoms with Gasteiger partial charge in [0.2, 0.25) is 5.96 Å². The Morgan fingerprint density at radius 1 is 0.437 bits per heavy atom. The lowest BCUT2D eigenvalue weighted by Crippen LogP contribution is -2.28. The Morgan fingerprint density at radius 2 is 0.873 bits per heavy atom. The summed E-state index contributed by atoms with van der Waals surface area (Å²) in [6, 6.07) is 66.4. The zero-order valence-electron chi connectivity index (χ0n) is 39.3. The summed E-state index contributed by atoms with van der Waals surface area (Å²) in [5.74, 6) is 0.666. The van der Waals surface area contributed by atoms with Crippen LogP contribution in [0.2, 0.25) is 0 Å². The largest absolute Gasteiger partial charge is 0.308 e. The molecule has 0 radical (unpaired) electrons. The van der Waals surface area contributed by atoms with Crippen molar-refractivity contribution in [2.75, 3.05) is 0 Å². The minimum absolute atomic E-state index is 0.0487. The first-order valence-corrected chi connectivity index (χ1v) is 24.0. The van der Waals surface area contributed by atoms with Crippen LogP contribution in [-0.2, 0) is 0 Å². The summed E-state index contributed by atoms with van der Waals surface area (Å²) >= 11 is 0. The van der Waals surface area contributed by atoms with Gasteiger partial charge in [-0.2, -0.15) is 0 Å². The van der Waals surface area contributed by atoms with Crippen molar-refractivity contribution in [3.63, 3.8) is 0 Å². The molecule has 10 heteroatoms. The molecule has 0 bridgehead atoms. The number of para-hydroxylation sites is 5. The van der Waals surface area contributed by atoms with Crippen molar-refractivity contribution >= 4 is 88.4 Å². The van der Waals surface area contributed by atoms with E-state index in [2.05, 4.69) is 88.9 Å². The van der Waals surface area contributed by atoms with Gasteiger partial charge >= 0.3 is 0 Å². The minimum atomic E-state index is -0.121. The molecule has 2 atom stereocenters. The quantitative estimate of drug-likeness (QED) is 0.165. The maximum Gasteiger partial charge on any atom is 0.265 e. The molecule has 7 heterocycles. The molecule has 14 rings (SSSR count). The van der Waals surface area contributed by atoms with Crippen molar-refractivity contribution in [1.29, 1.82) is 0 Å². The Kier molecular flexibility index (Phi) is 10.7. The lowest BCUT2D eigenvalue weighted by Gasteiger charge is -2.28. The Hall–Kier alpha value is -9.28. The van der Waals surface area contributed by atoms with Crippen molar-refractivity contribution in [3.8, 4) is 5.69 Å². The number of fused-ring (bicyclic) bond motifs is 10. The van der Waals surface area contributed by atoms with Crippen molar-refractivity contribution in [2.24, 2.45) is 15.9 Å². The van der Waals surface area contributed by atoms with Crippen molar-refractivity contribution in [1.82, 2.24) is 27.9 Å². The molecule has 0 aliphatic carbocycles. The van der Waals surface area contributed by atoms with Gasteiger partial charge in [-0.1, -0.05) is 160 Å². The van der Waals surface area contributed by atoms with Gasteiger partial charge in [-0.15, -0.1) is 0 Å². The Bertz CT molecular complexity index is 4380. The second kappa shape index (κ2) is 17.7. The minimum Gasteiger partial charge on any atom is -0.308 e. The van der Waals surface area contributed by atoms with E-state index in [4.69, 9.17) is 20.0 Å². The Balaban J connectivity index is 0.000000150. The van der Waals surface area contributed by atoms with Gasteiger partial charge in [0.1, 0.15) is 11.3 Å². The molecule has 1 aliphatic heterocycles. The maximum absolute atomic E-state index is 13.6. The van der Waals surface area contributed by atoms with Gasteiger partial charge in [0.25, 0.3) is 11.1 Å². The van der Waals surface area contributed by atoms with Gasteiger partial charge in [-0.25, -0.2) is 20.0 Å². The summed E-state index contributed by atoms with van der Waals surface area (Å²) in [5.41, 5.74) is 10.7. The zero-order valence-corrected chi connectivity index (χ0v) is 39.3. The van der Waals surface area contributed by atoms with E-state index in [1.54, 1.807) is 8.80 Å². The molecule has 1 aliphatic rings. The highest BCUT2D eigenvalue weighted by molar-refractivity contribution is 6.18. The van der Waals surface area contributed by atoms with Crippen LogP contribution in [0.15, 0.2) is 232 Å². The molecule has 0 N–H and O–H groups in total. The van der Waals surface area contributed by atoms with E-state index in [1.165, 1.54) is 0 Å². The van der Waals surface area contributed by atoms with E-state index >= 15 is 0 Å². The van der Waals surface area contributed by atoms with Crippen LogP contribution in [0.3, 0.4) is 0 Å². The van der Waals surface area contributed by atoms with Crippen LogP contribution in [0.4, 0.5) is 0 Å². The topological polar surface area (TPSA) is 103 Å². The number of aromatic nitrogens is 6. The van der Waals surface area contributed by atoms with E-state index in [-0.39, 0.29) is 23.1 Å². The molecular formula is C61H46N8O2. The lowest BCUT2D eigenvalue weighted by atomic mass is 9.87. The number of pyridine rings is 2. The van der Waals surface area contributed by atoms with Crippen LogP contribution in [0.25, 0.3) is 82.4 Å². The smallest absolute Gasteiger partial charge is 0.265 e. The number of hydrogen-bond acceptors (Lipinski definition) is 6. The van der Waals surface area contributed by atoms with E-state index in [0.29, 0.717) is 33.5 Å². The van der Waals surface area contributed by atoms with Gasteiger partial charge in [0, 0.05) is 45.5 Å². The van der Waals surface area contributed by atoms with Crippen molar-refractivity contribution in [2.45, 2.75) is 26.8 Å². The summed E-state index contributed by atoms with van der Waals surface area (Å²) in [6.07, 6.45) is 3.81. The lowest BCUT2D eigenvalue weighted by molar-refractivity contribution is 0.588. The van der Waals surface area contributed by atoms with E-state index < -0.39 is 0 Å². The summed E-state index contributed by atoms with van der Waals surface area (Å²) in [6.45, 7) is 6.19. The number of benzene rings is 7. The summed E-state index contributed by atoms with van der Waals surface area (Å²) in [7, 11) is 0. The van der Waals surface area contributed by atoms with Crippen LogP contribution in [0, 0.1) is 5.92 Å². The third-order valence-corrected chi connectivity index (χ3v) is 13.4. The summed E-state index contributed by atoms with van der Waals surface area (Å²) in [4.78, 5) is 46.8. The first kappa shape index (κ1) is 43.0. The highest BCUT2D eigenvalue weighted by Gasteiger charge is 2.31. The van der Waals surface area contributed by atoms with E-state index in [0.717, 1.165) is 71.7 Å². The maximum atomic E-state index is 13.6. The molecule has 7 aromatic carbocycles. The highest BCUT2D eigenvalue weighted by Crippen LogP contribution is 2.37. The van der Waals surface area contributed by atoms with Gasteiger partial charge in [0.05, 0.1) is 55.6 Å². The average Bonchev–Trinajstić information content (AvgIpc) is 3.93. The molecule has 71 heavy (non-hydrogen) atoms. The standard InChI is InChI=1S/C35H25N5O.C24H15N3O.C2H6/c1-22-32(23-12-4-2-5-13-23)37-35(38-33(22)24-14-6-3-7-15-24)40-29-19-11-9-16-25(29)27-20-31-36-28-18-10-8-17-26(28)34(41)39(31)21-30(27)40;28-24-18-11-4-6-12-20(18)25-23-14-19-17-10-5-7-13-21(17)27(22(19)15-26(23)24)16-8-2-1-3-9-16;1-2/h2-22,32H,1H3;1-15H;1-2H3. The second-order valence-electron chi connectivity index (χ2n) is 17.4. The first-order valence-electron chi connectivity index (χ1n) is 24.0. The molecule has 2 unspecified atom stereocenters. The predicted molar refractivity (Wildman–Crippen MR) is 291 cm³/mol. The van der Waals surface area contributed by atoms with Crippen LogP contribution in [0.1, 0.15) is 37.9 Å². The fourth-order valence-corrected chi connectivity index (χ4v) is 10.2. The molecule has 6 aromatic heterocycles. The molecule has 0 amide bonds. The van der Waals surface area contributed by atoms with Gasteiger partial charge < -0.3 is 4.57 Å². The number of aliphatic imine (C=N–C) groups is 2. The fraction of sp³-hybridized carbons (Fsp3) is 0.0820. The highest BCUT2D eigenvalue weighted by atomic mass is 16.1. The van der Waals surface area contributed by atoms with Crippen molar-refractivity contribution < 1.29 is 0 Å². The van der Waals surface area contributed by atoms with Gasteiger partial charge in [0.15, 0.2) is 0 Å². The van der Waals surface area contributed by atoms with Crippen LogP contribution in [-0.4, -0.2) is 39.6 Å². The first-order chi connectivity index (χ1) is 35.0. The molecular weight excluding hydrogens is 877 g/mol. The molecule has 0 spiro atoms. The summed E-state index contributed by atoms with van der Waals surface area (Å²) in [5, 5.41) is 5.50.